The number of methoxy groups -OCH3 is 1. The molecule has 2 aromatic carbocycles. The average molecular weight is 453 g/mol. The Kier molecular flexibility index (Phi) is 6.56. The summed E-state index contributed by atoms with van der Waals surface area (Å²) in [6.07, 6.45) is 6.30. The number of aryl methyl sites for hydroxylation is 1. The van der Waals surface area contributed by atoms with E-state index < -0.39 is 5.82 Å². The maximum absolute atomic E-state index is 14.1. The monoisotopic (exact) mass is 452 g/mol. The highest BCUT2D eigenvalue weighted by atomic mass is 35.5. The highest BCUT2D eigenvalue weighted by molar-refractivity contribution is 6.30. The first kappa shape index (κ1) is 21.6. The summed E-state index contributed by atoms with van der Waals surface area (Å²) in [5, 5.41) is 13.9. The summed E-state index contributed by atoms with van der Waals surface area (Å²) in [5.74, 6) is 0.709. The van der Waals surface area contributed by atoms with Crippen LogP contribution in [0, 0.1) is 5.82 Å². The standard InChI is InChI=1S/C24H22ClFN4O2/c1-32-18-4-5-19(23(31)14-18)22-12-17(16-3-6-20(25)21(26)11-16)13-24(29-22)28-7-2-9-30-10-8-27-15-30/h3-6,8,10-15,31H,2,7,9H2,1H3,(H,28,29). The molecule has 0 aliphatic heterocycles. The van der Waals surface area contributed by atoms with Crippen LogP contribution in [0.3, 0.4) is 0 Å². The van der Waals surface area contributed by atoms with Crippen molar-refractivity contribution in [2.45, 2.75) is 13.0 Å². The quantitative estimate of drug-likeness (QED) is 0.339. The van der Waals surface area contributed by atoms with Crippen molar-refractivity contribution >= 4 is 17.4 Å². The first-order chi connectivity index (χ1) is 15.5. The van der Waals surface area contributed by atoms with Gasteiger partial charge in [0.2, 0.25) is 0 Å². The lowest BCUT2D eigenvalue weighted by molar-refractivity contribution is 0.408. The molecule has 0 bridgehead atoms. The molecule has 0 unspecified atom stereocenters. The zero-order valence-corrected chi connectivity index (χ0v) is 18.2. The van der Waals surface area contributed by atoms with E-state index in [0.29, 0.717) is 34.9 Å². The van der Waals surface area contributed by atoms with E-state index in [-0.39, 0.29) is 10.8 Å². The maximum atomic E-state index is 14.1. The third-order valence-corrected chi connectivity index (χ3v) is 5.32. The molecule has 2 heterocycles. The Hall–Kier alpha value is -3.58. The molecule has 0 radical (unpaired) electrons. The summed E-state index contributed by atoms with van der Waals surface area (Å²) in [4.78, 5) is 8.71. The number of aromatic nitrogens is 3. The molecule has 0 atom stereocenters. The van der Waals surface area contributed by atoms with E-state index in [1.165, 1.54) is 25.3 Å². The van der Waals surface area contributed by atoms with Gasteiger partial charge in [-0.05, 0) is 53.9 Å². The Labute approximate surface area is 190 Å². The first-order valence-corrected chi connectivity index (χ1v) is 10.5. The van der Waals surface area contributed by atoms with Crippen LogP contribution in [0.15, 0.2) is 67.3 Å². The number of pyridine rings is 1. The fraction of sp³-hybridized carbons (Fsp3) is 0.167. The number of hydrogen-bond donors (Lipinski definition) is 2. The van der Waals surface area contributed by atoms with Crippen LogP contribution in [0.25, 0.3) is 22.4 Å². The lowest BCUT2D eigenvalue weighted by Gasteiger charge is -2.13. The van der Waals surface area contributed by atoms with Gasteiger partial charge in [0, 0.05) is 37.1 Å². The molecule has 0 fully saturated rings. The number of imidazole rings is 1. The van der Waals surface area contributed by atoms with Crippen molar-refractivity contribution in [3.8, 4) is 33.9 Å². The molecular weight excluding hydrogens is 431 g/mol. The lowest BCUT2D eigenvalue weighted by Crippen LogP contribution is -2.07. The van der Waals surface area contributed by atoms with Crippen molar-refractivity contribution in [1.82, 2.24) is 14.5 Å². The highest BCUT2D eigenvalue weighted by Crippen LogP contribution is 2.35. The van der Waals surface area contributed by atoms with Gasteiger partial charge in [-0.3, -0.25) is 0 Å². The van der Waals surface area contributed by atoms with Crippen LogP contribution in [-0.4, -0.2) is 33.3 Å². The number of ether oxygens (including phenoxy) is 1. The lowest BCUT2D eigenvalue weighted by atomic mass is 10.0. The number of nitrogens with one attached hydrogen (secondary N) is 1. The number of anilines is 1. The van der Waals surface area contributed by atoms with Gasteiger partial charge >= 0.3 is 0 Å². The molecule has 4 aromatic rings. The SMILES string of the molecule is COc1ccc(-c2cc(-c3ccc(Cl)c(F)c3)cc(NCCCn3ccnc3)n2)c(O)c1. The summed E-state index contributed by atoms with van der Waals surface area (Å²) in [6.45, 7) is 1.50. The first-order valence-electron chi connectivity index (χ1n) is 10.1. The van der Waals surface area contributed by atoms with Gasteiger partial charge in [0.05, 0.1) is 24.2 Å². The van der Waals surface area contributed by atoms with Gasteiger partial charge in [-0.25, -0.2) is 14.4 Å². The Balaban J connectivity index is 1.65. The number of hydrogen-bond acceptors (Lipinski definition) is 5. The topological polar surface area (TPSA) is 72.2 Å². The van der Waals surface area contributed by atoms with Crippen LogP contribution in [0.2, 0.25) is 5.02 Å². The largest absolute Gasteiger partial charge is 0.507 e. The zero-order valence-electron chi connectivity index (χ0n) is 17.4. The van der Waals surface area contributed by atoms with Gasteiger partial charge in [-0.1, -0.05) is 17.7 Å². The Morgan fingerprint density at radius 3 is 2.72 bits per heavy atom. The Morgan fingerprint density at radius 1 is 1.12 bits per heavy atom. The molecule has 8 heteroatoms. The predicted octanol–water partition coefficient (Wildman–Crippen LogP) is 5.62. The number of benzene rings is 2. The minimum absolute atomic E-state index is 0.0438. The van der Waals surface area contributed by atoms with E-state index in [4.69, 9.17) is 16.3 Å². The molecular formula is C24H22ClFN4O2. The molecule has 0 aliphatic rings. The third-order valence-electron chi connectivity index (χ3n) is 5.02. The summed E-state index contributed by atoms with van der Waals surface area (Å²) < 4.78 is 21.3. The highest BCUT2D eigenvalue weighted by Gasteiger charge is 2.12. The number of halogens is 2. The number of nitrogens with zero attached hydrogens (tertiary/aromatic N) is 3. The van der Waals surface area contributed by atoms with Gasteiger partial charge < -0.3 is 19.7 Å². The van der Waals surface area contributed by atoms with Gasteiger partial charge in [0.25, 0.3) is 0 Å². The van der Waals surface area contributed by atoms with E-state index in [9.17, 15) is 9.50 Å². The Morgan fingerprint density at radius 2 is 2.00 bits per heavy atom. The van der Waals surface area contributed by atoms with E-state index in [2.05, 4.69) is 15.3 Å². The molecule has 0 saturated heterocycles. The van der Waals surface area contributed by atoms with Gasteiger partial charge in [0.1, 0.15) is 23.1 Å². The fourth-order valence-corrected chi connectivity index (χ4v) is 3.47. The maximum Gasteiger partial charge on any atom is 0.142 e. The summed E-state index contributed by atoms with van der Waals surface area (Å²) in [5.41, 5.74) is 2.50. The van der Waals surface area contributed by atoms with Crippen molar-refractivity contribution < 1.29 is 14.2 Å². The van der Waals surface area contributed by atoms with Crippen LogP contribution < -0.4 is 10.1 Å². The third kappa shape index (κ3) is 5.00. The summed E-state index contributed by atoms with van der Waals surface area (Å²) >= 11 is 5.85. The molecule has 0 saturated carbocycles. The molecule has 164 valence electrons. The fourth-order valence-electron chi connectivity index (χ4n) is 3.35. The van der Waals surface area contributed by atoms with Gasteiger partial charge in [0.15, 0.2) is 0 Å². The molecule has 32 heavy (non-hydrogen) atoms. The second kappa shape index (κ2) is 9.70. The molecule has 2 N–H and O–H groups in total. The molecule has 2 aromatic heterocycles. The number of aromatic hydroxyl groups is 1. The van der Waals surface area contributed by atoms with Crippen LogP contribution >= 0.6 is 11.6 Å². The molecule has 0 amide bonds. The smallest absolute Gasteiger partial charge is 0.142 e. The van der Waals surface area contributed by atoms with Crippen molar-refractivity contribution in [2.75, 3.05) is 19.0 Å². The minimum atomic E-state index is -0.496. The van der Waals surface area contributed by atoms with Crippen LogP contribution in [0.4, 0.5) is 10.2 Å². The Bertz CT molecular complexity index is 1210. The van der Waals surface area contributed by atoms with Crippen LogP contribution in [-0.2, 0) is 6.54 Å². The normalized spacial score (nSPS) is 10.8. The van der Waals surface area contributed by atoms with Gasteiger partial charge in [-0.2, -0.15) is 0 Å². The zero-order chi connectivity index (χ0) is 22.5. The average Bonchev–Trinajstić information content (AvgIpc) is 3.32. The minimum Gasteiger partial charge on any atom is -0.507 e. The number of phenols is 1. The second-order valence-electron chi connectivity index (χ2n) is 7.22. The summed E-state index contributed by atoms with van der Waals surface area (Å²) in [7, 11) is 1.54. The van der Waals surface area contributed by atoms with E-state index >= 15 is 0 Å². The number of phenolic OH excluding ortho intramolecular Hbond substituents is 1. The van der Waals surface area contributed by atoms with E-state index in [1.807, 2.05) is 16.8 Å². The molecule has 6 nitrogen and oxygen atoms in total. The van der Waals surface area contributed by atoms with E-state index in [1.54, 1.807) is 36.8 Å². The predicted molar refractivity (Wildman–Crippen MR) is 124 cm³/mol. The van der Waals surface area contributed by atoms with Crippen molar-refractivity contribution in [3.05, 3.63) is 78.1 Å². The van der Waals surface area contributed by atoms with Crippen molar-refractivity contribution in [1.29, 1.82) is 0 Å². The number of rotatable bonds is 8. The molecule has 0 aliphatic carbocycles. The van der Waals surface area contributed by atoms with Crippen molar-refractivity contribution in [3.63, 3.8) is 0 Å². The molecule has 0 spiro atoms. The van der Waals surface area contributed by atoms with Crippen LogP contribution in [0.1, 0.15) is 6.42 Å². The van der Waals surface area contributed by atoms with E-state index in [0.717, 1.165) is 18.5 Å². The second-order valence-corrected chi connectivity index (χ2v) is 7.63. The van der Waals surface area contributed by atoms with Crippen LogP contribution in [0.5, 0.6) is 11.5 Å². The van der Waals surface area contributed by atoms with Gasteiger partial charge in [-0.15, -0.1) is 0 Å². The summed E-state index contributed by atoms with van der Waals surface area (Å²) in [6, 6.07) is 13.3. The molecule has 4 rings (SSSR count). The van der Waals surface area contributed by atoms with Crippen molar-refractivity contribution in [2.24, 2.45) is 0 Å².